The first-order chi connectivity index (χ1) is 18.0. The van der Waals surface area contributed by atoms with Gasteiger partial charge in [0.25, 0.3) is 0 Å². The van der Waals surface area contributed by atoms with Crippen LogP contribution in [0.5, 0.6) is 0 Å². The number of benzene rings is 1. The van der Waals surface area contributed by atoms with Gasteiger partial charge in [0.2, 0.25) is 0 Å². The molecule has 6 unspecified atom stereocenters. The molecule has 0 saturated carbocycles. The fourth-order valence-electron chi connectivity index (χ4n) is 4.55. The molecular formula is C22H28N6O9. The third-order valence-corrected chi connectivity index (χ3v) is 6.36. The van der Waals surface area contributed by atoms with E-state index in [0.717, 1.165) is 5.56 Å². The zero-order valence-electron chi connectivity index (χ0n) is 20.2. The predicted molar refractivity (Wildman–Crippen MR) is 122 cm³/mol. The van der Waals surface area contributed by atoms with Crippen LogP contribution < -0.4 is 0 Å². The molecule has 0 amide bonds. The number of rotatable bonds is 9. The van der Waals surface area contributed by atoms with Crippen LogP contribution in [0.1, 0.15) is 25.2 Å². The van der Waals surface area contributed by atoms with Gasteiger partial charge in [-0.25, -0.2) is 4.79 Å². The fourth-order valence-corrected chi connectivity index (χ4v) is 4.55. The number of methoxy groups -OCH3 is 1. The van der Waals surface area contributed by atoms with Crippen LogP contribution in [0.3, 0.4) is 0 Å². The molecule has 200 valence electrons. The van der Waals surface area contributed by atoms with E-state index < -0.39 is 74.0 Å². The molecule has 3 saturated heterocycles. The van der Waals surface area contributed by atoms with E-state index in [-0.39, 0.29) is 6.61 Å². The van der Waals surface area contributed by atoms with Crippen LogP contribution in [0.15, 0.2) is 40.6 Å². The molecule has 4 rings (SSSR count). The molecule has 3 aliphatic heterocycles. The molecule has 3 aliphatic rings. The van der Waals surface area contributed by atoms with E-state index in [2.05, 4.69) is 24.8 Å². The number of carbonyl (C=O) groups is 1. The molecule has 0 aliphatic carbocycles. The Hall–Kier alpha value is -2.97. The normalized spacial score (nSPS) is 37.1. The molecule has 0 spiro atoms. The minimum atomic E-state index is -1.28. The van der Waals surface area contributed by atoms with Crippen molar-refractivity contribution in [2.45, 2.75) is 74.8 Å². The minimum Gasteiger partial charge on any atom is -0.467 e. The zero-order chi connectivity index (χ0) is 26.4. The van der Waals surface area contributed by atoms with Crippen molar-refractivity contribution in [1.29, 1.82) is 0 Å². The molecule has 3 heterocycles. The van der Waals surface area contributed by atoms with E-state index >= 15 is 0 Å². The average Bonchev–Trinajstić information content (AvgIpc) is 3.22. The van der Waals surface area contributed by atoms with Crippen molar-refractivity contribution in [3.8, 4) is 0 Å². The number of esters is 1. The second kappa shape index (κ2) is 12.5. The van der Waals surface area contributed by atoms with Gasteiger partial charge in [0.15, 0.2) is 18.8 Å². The number of aliphatic hydroxyl groups excluding tert-OH is 1. The van der Waals surface area contributed by atoms with Gasteiger partial charge in [0.1, 0.15) is 43.2 Å². The van der Waals surface area contributed by atoms with Gasteiger partial charge in [-0.1, -0.05) is 47.5 Å². The van der Waals surface area contributed by atoms with Crippen LogP contribution in [-0.4, -0.2) is 86.6 Å². The second-order valence-electron chi connectivity index (χ2n) is 8.54. The number of aliphatic hydroxyl groups is 1. The van der Waals surface area contributed by atoms with Crippen LogP contribution in [0, 0.1) is 0 Å². The fraction of sp³-hybridized carbons (Fsp3) is 0.682. The molecule has 3 fully saturated rings. The van der Waals surface area contributed by atoms with Gasteiger partial charge in [-0.15, -0.1) is 0 Å². The summed E-state index contributed by atoms with van der Waals surface area (Å²) in [6.45, 7) is 1.40. The lowest BCUT2D eigenvalue weighted by molar-refractivity contribution is -0.352. The van der Waals surface area contributed by atoms with Gasteiger partial charge >= 0.3 is 5.97 Å². The van der Waals surface area contributed by atoms with Crippen LogP contribution in [0.25, 0.3) is 20.9 Å². The first-order valence-electron chi connectivity index (χ1n) is 11.7. The van der Waals surface area contributed by atoms with E-state index in [1.54, 1.807) is 6.92 Å². The summed E-state index contributed by atoms with van der Waals surface area (Å²) in [6, 6.07) is 8.03. The monoisotopic (exact) mass is 520 g/mol. The summed E-state index contributed by atoms with van der Waals surface area (Å²) in [5.74, 6) is -0.652. The predicted octanol–water partition coefficient (Wildman–Crippen LogP) is 2.25. The maximum Gasteiger partial charge on any atom is 0.331 e. The maximum atomic E-state index is 11.9. The Kier molecular flexibility index (Phi) is 9.16. The number of nitrogens with zero attached hydrogens (tertiary/aromatic N) is 6. The summed E-state index contributed by atoms with van der Waals surface area (Å²) in [5.41, 5.74) is 19.0. The second-order valence-corrected chi connectivity index (χ2v) is 8.54. The van der Waals surface area contributed by atoms with Crippen molar-refractivity contribution >= 4 is 5.97 Å². The number of ether oxygens (including phenoxy) is 7. The lowest BCUT2D eigenvalue weighted by atomic mass is 9.95. The molecule has 0 bridgehead atoms. The lowest BCUT2D eigenvalue weighted by Gasteiger charge is -2.48. The van der Waals surface area contributed by atoms with Gasteiger partial charge < -0.3 is 38.3 Å². The Bertz CT molecular complexity index is 1020. The highest BCUT2D eigenvalue weighted by atomic mass is 16.8. The smallest absolute Gasteiger partial charge is 0.331 e. The van der Waals surface area contributed by atoms with Crippen molar-refractivity contribution in [1.82, 2.24) is 0 Å². The highest BCUT2D eigenvalue weighted by Crippen LogP contribution is 2.38. The molecular weight excluding hydrogens is 492 g/mol. The molecule has 37 heavy (non-hydrogen) atoms. The van der Waals surface area contributed by atoms with Gasteiger partial charge in [0.05, 0.1) is 19.8 Å². The first-order valence-corrected chi connectivity index (χ1v) is 11.7. The van der Waals surface area contributed by atoms with Crippen LogP contribution in [0.4, 0.5) is 0 Å². The highest BCUT2D eigenvalue weighted by Gasteiger charge is 2.53. The van der Waals surface area contributed by atoms with Gasteiger partial charge in [-0.3, -0.25) is 0 Å². The number of carbonyl (C=O) groups excluding carboxylic acids is 1. The summed E-state index contributed by atoms with van der Waals surface area (Å²) in [4.78, 5) is 17.6. The summed E-state index contributed by atoms with van der Waals surface area (Å²) < 4.78 is 40.2. The van der Waals surface area contributed by atoms with E-state index in [1.807, 2.05) is 30.3 Å². The molecule has 1 N–H and O–H groups in total. The third-order valence-electron chi connectivity index (χ3n) is 6.36. The molecule has 15 heteroatoms. The van der Waals surface area contributed by atoms with Gasteiger partial charge in [-0.2, -0.15) is 0 Å². The van der Waals surface area contributed by atoms with E-state index in [4.69, 9.17) is 34.0 Å². The van der Waals surface area contributed by atoms with Crippen molar-refractivity contribution in [3.05, 3.63) is 56.8 Å². The van der Waals surface area contributed by atoms with Crippen molar-refractivity contribution in [2.24, 2.45) is 10.2 Å². The molecule has 15 nitrogen and oxygen atoms in total. The Balaban J connectivity index is 1.61. The molecule has 0 aromatic heterocycles. The number of hydrogen-bond acceptors (Lipinski definition) is 11. The Morgan fingerprint density at radius 2 is 1.89 bits per heavy atom. The topological polar surface area (TPSA) is 199 Å². The number of azide groups is 2. The Labute approximate surface area is 211 Å². The number of fused-ring (bicyclic) bond motifs is 1. The van der Waals surface area contributed by atoms with Crippen LogP contribution >= 0.6 is 0 Å². The van der Waals surface area contributed by atoms with Gasteiger partial charge in [-0.05, 0) is 17.5 Å². The largest absolute Gasteiger partial charge is 0.467 e. The lowest BCUT2D eigenvalue weighted by Crippen LogP contribution is -2.63. The average molecular weight is 520 g/mol. The van der Waals surface area contributed by atoms with Crippen molar-refractivity contribution in [2.75, 3.05) is 20.3 Å². The van der Waals surface area contributed by atoms with Crippen LogP contribution in [-0.2, 0) is 38.0 Å². The summed E-state index contributed by atoms with van der Waals surface area (Å²) in [6.07, 6.45) is -8.26. The molecule has 1 aromatic rings. The molecule has 0 radical (unpaired) electrons. The van der Waals surface area contributed by atoms with E-state index in [1.165, 1.54) is 7.11 Å². The molecule has 10 atom stereocenters. The third kappa shape index (κ3) is 5.96. The summed E-state index contributed by atoms with van der Waals surface area (Å²) >= 11 is 0. The zero-order valence-corrected chi connectivity index (χ0v) is 20.2. The highest BCUT2D eigenvalue weighted by molar-refractivity contribution is 5.70. The van der Waals surface area contributed by atoms with E-state index in [9.17, 15) is 15.4 Å². The molecule has 1 aromatic carbocycles. The van der Waals surface area contributed by atoms with Crippen molar-refractivity contribution in [3.63, 3.8) is 0 Å². The van der Waals surface area contributed by atoms with Crippen molar-refractivity contribution < 1.29 is 43.1 Å². The standard InChI is InChI=1S/C22H28N6O9/c1-3-12-16(30)19(20(34-12)26-28-24)37-22-15(25-27-23)18(32-10-14(29)31-2)17-13(35-22)9-33-21(36-17)11-7-5-4-6-8-11/h4-8,12-13,15-22,30H,3,9-10H2,1-2H3/t12-,13?,15?,16?,17-,18-,19-,20?,21?,22?/m1/s1. The minimum absolute atomic E-state index is 0.0617. The van der Waals surface area contributed by atoms with Crippen LogP contribution in [0.2, 0.25) is 0 Å². The van der Waals surface area contributed by atoms with E-state index in [0.29, 0.717) is 6.42 Å². The summed E-state index contributed by atoms with van der Waals surface area (Å²) in [5, 5.41) is 18.1. The first kappa shape index (κ1) is 27.1. The SMILES string of the molecule is CC[C@H]1OC(N=[N+]=[N-])[C@H](OC2OC3COC(c4ccccc4)O[C@H]3[C@H](OCC(=O)OC)C2N=[N+]=[N-])C1O. The summed E-state index contributed by atoms with van der Waals surface area (Å²) in [7, 11) is 1.22. The van der Waals surface area contributed by atoms with Gasteiger partial charge in [0, 0.05) is 15.4 Å². The maximum absolute atomic E-state index is 11.9. The quantitative estimate of drug-likeness (QED) is 0.219. The number of hydrogen-bond donors (Lipinski definition) is 1. The Morgan fingerprint density at radius 1 is 1.14 bits per heavy atom. The Morgan fingerprint density at radius 3 is 2.57 bits per heavy atom.